The highest BCUT2D eigenvalue weighted by molar-refractivity contribution is 6.01. The van der Waals surface area contributed by atoms with E-state index in [1.165, 1.54) is 0 Å². The van der Waals surface area contributed by atoms with Crippen LogP contribution in [0.4, 0.5) is 0 Å². The average Bonchev–Trinajstić information content (AvgIpc) is 3.41. The number of carbonyl (C=O) groups excluding carboxylic acids is 1. The van der Waals surface area contributed by atoms with E-state index in [0.717, 1.165) is 29.5 Å². The maximum atomic E-state index is 14.2. The molecule has 3 aromatic carbocycles. The molecule has 0 bridgehead atoms. The molecular weight excluding hydrogens is 534 g/mol. The zero-order valence-corrected chi connectivity index (χ0v) is 24.0. The lowest BCUT2D eigenvalue weighted by Crippen LogP contribution is -2.50. The van der Waals surface area contributed by atoms with E-state index in [-0.39, 0.29) is 25.5 Å². The summed E-state index contributed by atoms with van der Waals surface area (Å²) in [4.78, 5) is 22.2. The molecule has 1 heterocycles. The number of aliphatic hydroxyl groups excluding tert-OH is 1. The number of benzene rings is 3. The van der Waals surface area contributed by atoms with E-state index in [9.17, 15) is 4.79 Å². The number of unbranched alkanes of at least 4 members (excludes halogenated alkanes) is 1. The van der Waals surface area contributed by atoms with Crippen LogP contribution in [0.3, 0.4) is 0 Å². The number of aliphatic hydroxyl groups is 1. The predicted octanol–water partition coefficient (Wildman–Crippen LogP) is 5.68. The fraction of sp³-hybridized carbons (Fsp3) is 0.375. The van der Waals surface area contributed by atoms with Crippen LogP contribution in [0, 0.1) is 0 Å². The number of hydrogen-bond donors (Lipinski definition) is 2. The second-order valence-corrected chi connectivity index (χ2v) is 10.0. The Labute approximate surface area is 246 Å². The van der Waals surface area contributed by atoms with Gasteiger partial charge in [0.15, 0.2) is 11.6 Å². The number of methoxy groups -OCH3 is 1. The van der Waals surface area contributed by atoms with Gasteiger partial charge in [0.2, 0.25) is 5.90 Å². The number of rotatable bonds is 15. The van der Waals surface area contributed by atoms with E-state index in [0.29, 0.717) is 42.5 Å². The standard InChI is InChI=1S/C32H37N5O5/c1-3-4-17-34-31(39)32(21-25-9-5-6-10-26(25)22-35-37-33)29(24-11-7-12-28(20-24)40-2)42-30(36-32)23-13-15-27(16-14-23)41-19-8-18-38/h5-7,9-16,20,29,38H,3-4,8,17-19,21-22H2,1-2H3,(H,34,39)/t29-,32-/m1/s1. The summed E-state index contributed by atoms with van der Waals surface area (Å²) in [6.07, 6.45) is 1.75. The minimum absolute atomic E-state index is 0.0583. The van der Waals surface area contributed by atoms with Gasteiger partial charge in [-0.3, -0.25) is 4.79 Å². The summed E-state index contributed by atoms with van der Waals surface area (Å²) in [5.41, 5.74) is 10.7. The summed E-state index contributed by atoms with van der Waals surface area (Å²) >= 11 is 0. The Kier molecular flexibility index (Phi) is 10.8. The highest BCUT2D eigenvalue weighted by atomic mass is 16.5. The van der Waals surface area contributed by atoms with Gasteiger partial charge in [0.05, 0.1) is 20.3 Å². The topological polar surface area (TPSA) is 138 Å². The van der Waals surface area contributed by atoms with E-state index < -0.39 is 11.6 Å². The second kappa shape index (κ2) is 14.9. The lowest BCUT2D eigenvalue weighted by Gasteiger charge is -2.31. The van der Waals surface area contributed by atoms with E-state index in [1.807, 2.05) is 72.8 Å². The molecule has 10 nitrogen and oxygen atoms in total. The third-order valence-corrected chi connectivity index (χ3v) is 7.12. The van der Waals surface area contributed by atoms with E-state index in [2.05, 4.69) is 22.3 Å². The van der Waals surface area contributed by atoms with Crippen LogP contribution in [0.1, 0.15) is 54.5 Å². The van der Waals surface area contributed by atoms with Crippen LogP contribution in [0.5, 0.6) is 11.5 Å². The molecular formula is C32H37N5O5. The molecule has 4 rings (SSSR count). The Balaban J connectivity index is 1.82. The summed E-state index contributed by atoms with van der Waals surface area (Å²) < 4.78 is 17.8. The number of nitrogens with zero attached hydrogens (tertiary/aromatic N) is 4. The van der Waals surface area contributed by atoms with Crippen molar-refractivity contribution < 1.29 is 24.1 Å². The van der Waals surface area contributed by atoms with Crippen molar-refractivity contribution in [2.45, 2.75) is 50.8 Å². The first-order valence-corrected chi connectivity index (χ1v) is 14.1. The van der Waals surface area contributed by atoms with Crippen LogP contribution in [-0.4, -0.2) is 49.3 Å². The second-order valence-electron chi connectivity index (χ2n) is 10.0. The third kappa shape index (κ3) is 7.21. The lowest BCUT2D eigenvalue weighted by atomic mass is 9.80. The van der Waals surface area contributed by atoms with Crippen LogP contribution >= 0.6 is 0 Å². The van der Waals surface area contributed by atoms with Crippen LogP contribution in [-0.2, 0) is 22.5 Å². The monoisotopic (exact) mass is 571 g/mol. The molecule has 220 valence electrons. The number of azide groups is 1. The number of aliphatic imine (C=N–C) groups is 1. The molecule has 2 N–H and O–H groups in total. The fourth-order valence-corrected chi connectivity index (χ4v) is 4.90. The first kappa shape index (κ1) is 30.4. The van der Waals surface area contributed by atoms with Crippen LogP contribution in [0.15, 0.2) is 82.9 Å². The molecule has 0 fully saturated rings. The molecule has 3 aromatic rings. The molecule has 1 aliphatic rings. The van der Waals surface area contributed by atoms with Crippen LogP contribution in [0.2, 0.25) is 0 Å². The van der Waals surface area contributed by atoms with Gasteiger partial charge < -0.3 is 24.6 Å². The van der Waals surface area contributed by atoms with Crippen molar-refractivity contribution in [1.82, 2.24) is 5.32 Å². The number of ether oxygens (including phenoxy) is 3. The third-order valence-electron chi connectivity index (χ3n) is 7.12. The summed E-state index contributed by atoms with van der Waals surface area (Å²) in [6, 6.07) is 22.4. The highest BCUT2D eigenvalue weighted by Crippen LogP contribution is 2.43. The van der Waals surface area contributed by atoms with Gasteiger partial charge in [-0.05, 0) is 65.0 Å². The maximum Gasteiger partial charge on any atom is 0.252 e. The zero-order chi connectivity index (χ0) is 29.8. The predicted molar refractivity (Wildman–Crippen MR) is 161 cm³/mol. The van der Waals surface area contributed by atoms with Gasteiger partial charge in [0.1, 0.15) is 11.5 Å². The van der Waals surface area contributed by atoms with Crippen molar-refractivity contribution in [1.29, 1.82) is 0 Å². The molecule has 0 saturated carbocycles. The lowest BCUT2D eigenvalue weighted by molar-refractivity contribution is -0.128. The van der Waals surface area contributed by atoms with E-state index in [1.54, 1.807) is 7.11 Å². The van der Waals surface area contributed by atoms with Crippen molar-refractivity contribution in [3.63, 3.8) is 0 Å². The molecule has 0 unspecified atom stereocenters. The first-order valence-electron chi connectivity index (χ1n) is 14.1. The largest absolute Gasteiger partial charge is 0.497 e. The quantitative estimate of drug-likeness (QED) is 0.105. The van der Waals surface area contributed by atoms with Crippen LogP contribution in [0.25, 0.3) is 10.4 Å². The summed E-state index contributed by atoms with van der Waals surface area (Å²) in [6.45, 7) is 3.19. The Morgan fingerprint density at radius 1 is 1.10 bits per heavy atom. The van der Waals surface area contributed by atoms with E-state index >= 15 is 0 Å². The Morgan fingerprint density at radius 2 is 1.88 bits per heavy atom. The normalized spacial score (nSPS) is 17.5. The summed E-state index contributed by atoms with van der Waals surface area (Å²) in [5.74, 6) is 1.38. The molecule has 1 amide bonds. The minimum Gasteiger partial charge on any atom is -0.497 e. The van der Waals surface area contributed by atoms with E-state index in [4.69, 9.17) is 29.8 Å². The maximum absolute atomic E-state index is 14.2. The van der Waals surface area contributed by atoms with Crippen molar-refractivity contribution >= 4 is 11.8 Å². The molecule has 42 heavy (non-hydrogen) atoms. The number of hydrogen-bond acceptors (Lipinski definition) is 7. The smallest absolute Gasteiger partial charge is 0.252 e. The molecule has 1 aliphatic heterocycles. The van der Waals surface area contributed by atoms with Gasteiger partial charge in [-0.15, -0.1) is 0 Å². The van der Waals surface area contributed by atoms with Gasteiger partial charge in [-0.25, -0.2) is 4.99 Å². The van der Waals surface area contributed by atoms with Crippen LogP contribution < -0.4 is 14.8 Å². The van der Waals surface area contributed by atoms with Crippen molar-refractivity contribution in [3.8, 4) is 11.5 Å². The first-order chi connectivity index (χ1) is 20.5. The number of carbonyl (C=O) groups is 1. The van der Waals surface area contributed by atoms with Gasteiger partial charge in [-0.2, -0.15) is 0 Å². The molecule has 0 aromatic heterocycles. The molecule has 0 spiro atoms. The van der Waals surface area contributed by atoms with Gasteiger partial charge in [-0.1, -0.05) is 54.9 Å². The summed E-state index contributed by atoms with van der Waals surface area (Å²) in [5, 5.41) is 15.9. The van der Waals surface area contributed by atoms with Gasteiger partial charge in [0, 0.05) is 36.5 Å². The number of nitrogens with one attached hydrogen (secondary N) is 1. The molecule has 10 heteroatoms. The SMILES string of the molecule is CCCCNC(=O)[C@]1(Cc2ccccc2CN=[N+]=[N-])N=C(c2ccc(OCCCO)cc2)O[C@@H]1c1cccc(OC)c1. The average molecular weight is 572 g/mol. The fourth-order valence-electron chi connectivity index (χ4n) is 4.90. The minimum atomic E-state index is -1.36. The highest BCUT2D eigenvalue weighted by Gasteiger charge is 2.53. The van der Waals surface area contributed by atoms with Gasteiger partial charge in [0.25, 0.3) is 5.91 Å². The molecule has 0 radical (unpaired) electrons. The van der Waals surface area contributed by atoms with Crippen molar-refractivity contribution in [3.05, 3.63) is 105 Å². The van der Waals surface area contributed by atoms with Crippen molar-refractivity contribution in [2.24, 2.45) is 10.1 Å². The molecule has 0 saturated heterocycles. The Bertz CT molecular complexity index is 1420. The van der Waals surface area contributed by atoms with Crippen molar-refractivity contribution in [2.75, 3.05) is 26.9 Å². The molecule has 2 atom stereocenters. The Hall–Kier alpha value is -4.53. The number of amides is 1. The zero-order valence-electron chi connectivity index (χ0n) is 24.0. The molecule has 0 aliphatic carbocycles. The summed E-state index contributed by atoms with van der Waals surface area (Å²) in [7, 11) is 1.59. The van der Waals surface area contributed by atoms with Gasteiger partial charge >= 0.3 is 0 Å². The Morgan fingerprint density at radius 3 is 2.60 bits per heavy atom.